The lowest BCUT2D eigenvalue weighted by Crippen LogP contribution is -2.57. The first kappa shape index (κ1) is 22.5. The second-order valence-corrected chi connectivity index (χ2v) is 10.3. The third-order valence-electron chi connectivity index (χ3n) is 5.60. The average Bonchev–Trinajstić information content (AvgIpc) is 3.39. The number of ether oxygens (including phenoxy) is 1. The first-order valence-electron chi connectivity index (χ1n) is 10.1. The lowest BCUT2D eigenvalue weighted by molar-refractivity contribution is -0.122. The minimum Gasteiger partial charge on any atom is -0.378 e. The smallest absolute Gasteiger partial charge is 0.262 e. The van der Waals surface area contributed by atoms with Crippen LogP contribution in [0.3, 0.4) is 0 Å². The quantitative estimate of drug-likeness (QED) is 0.611. The normalized spacial score (nSPS) is 21.8. The Kier molecular flexibility index (Phi) is 6.88. The van der Waals surface area contributed by atoms with Crippen molar-refractivity contribution in [1.29, 1.82) is 0 Å². The maximum atomic E-state index is 13.2. The summed E-state index contributed by atoms with van der Waals surface area (Å²) in [5, 5.41) is 10.3. The molecule has 2 aliphatic rings. The summed E-state index contributed by atoms with van der Waals surface area (Å²) in [6.07, 6.45) is 2.74. The summed E-state index contributed by atoms with van der Waals surface area (Å²) >= 11 is 10.8. The Morgan fingerprint density at radius 3 is 2.68 bits per heavy atom. The van der Waals surface area contributed by atoms with Gasteiger partial charge >= 0.3 is 0 Å². The van der Waals surface area contributed by atoms with Gasteiger partial charge in [0.15, 0.2) is 0 Å². The molecule has 0 radical (unpaired) electrons. The van der Waals surface area contributed by atoms with Gasteiger partial charge in [0.1, 0.15) is 5.54 Å². The predicted octanol–water partition coefficient (Wildman–Crippen LogP) is 4.14. The molecule has 3 heterocycles. The van der Waals surface area contributed by atoms with E-state index >= 15 is 0 Å². The zero-order valence-electron chi connectivity index (χ0n) is 17.1. The first-order chi connectivity index (χ1) is 14.9. The van der Waals surface area contributed by atoms with Gasteiger partial charge in [0.25, 0.3) is 11.8 Å². The third kappa shape index (κ3) is 4.90. The third-order valence-corrected chi connectivity index (χ3v) is 7.47. The van der Waals surface area contributed by atoms with Crippen molar-refractivity contribution in [1.82, 2.24) is 10.3 Å². The van der Waals surface area contributed by atoms with Crippen LogP contribution in [0.1, 0.15) is 28.9 Å². The fraction of sp³-hybridized carbons (Fsp3) is 0.429. The number of hydrogen-bond acceptors (Lipinski definition) is 6. The number of benzene rings is 1. The molecular weight excluding hydrogens is 504 g/mol. The molecule has 7 nitrogen and oxygen atoms in total. The number of anilines is 2. The first-order valence-corrected chi connectivity index (χ1v) is 12.1. The molecule has 2 saturated heterocycles. The number of nitrogens with zero attached hydrogens (tertiary/aromatic N) is 2. The van der Waals surface area contributed by atoms with E-state index in [0.29, 0.717) is 27.9 Å². The van der Waals surface area contributed by atoms with E-state index in [2.05, 4.69) is 43.6 Å². The number of nitrogens with one attached hydrogen (secondary N) is 2. The van der Waals surface area contributed by atoms with E-state index in [9.17, 15) is 9.59 Å². The number of hydrogen-bond donors (Lipinski definition) is 2. The summed E-state index contributed by atoms with van der Waals surface area (Å²) in [7, 11) is 2.08. The van der Waals surface area contributed by atoms with E-state index in [4.69, 9.17) is 16.3 Å². The molecule has 2 aliphatic heterocycles. The summed E-state index contributed by atoms with van der Waals surface area (Å²) in [5.74, 6) is -0.627. The molecule has 31 heavy (non-hydrogen) atoms. The van der Waals surface area contributed by atoms with Crippen molar-refractivity contribution < 1.29 is 14.3 Å². The lowest BCUT2D eigenvalue weighted by Gasteiger charge is -2.38. The van der Waals surface area contributed by atoms with Gasteiger partial charge in [-0.05, 0) is 59.1 Å². The van der Waals surface area contributed by atoms with Crippen LogP contribution in [0.2, 0.25) is 4.34 Å². The van der Waals surface area contributed by atoms with Crippen LogP contribution in [-0.2, 0) is 9.53 Å². The second kappa shape index (κ2) is 9.46. The van der Waals surface area contributed by atoms with Gasteiger partial charge in [-0.3, -0.25) is 9.59 Å². The van der Waals surface area contributed by atoms with Crippen molar-refractivity contribution in [3.63, 3.8) is 0 Å². The molecule has 0 bridgehead atoms. The summed E-state index contributed by atoms with van der Waals surface area (Å²) in [6.45, 7) is 2.51. The molecule has 4 rings (SSSR count). The van der Waals surface area contributed by atoms with Crippen molar-refractivity contribution in [2.45, 2.75) is 24.8 Å². The molecular formula is C21H24BrClN4O3S. The maximum Gasteiger partial charge on any atom is 0.262 e. The molecule has 1 aromatic carbocycles. The van der Waals surface area contributed by atoms with Gasteiger partial charge in [-0.2, -0.15) is 0 Å². The molecule has 2 fully saturated rings. The zero-order chi connectivity index (χ0) is 22.0. The Morgan fingerprint density at radius 1 is 1.23 bits per heavy atom. The van der Waals surface area contributed by atoms with Crippen LogP contribution in [-0.4, -0.2) is 55.7 Å². The number of hydrazine groups is 1. The number of rotatable bonds is 5. The van der Waals surface area contributed by atoms with Gasteiger partial charge in [-0.25, -0.2) is 5.01 Å². The van der Waals surface area contributed by atoms with Crippen LogP contribution in [0.15, 0.2) is 34.8 Å². The van der Waals surface area contributed by atoms with E-state index < -0.39 is 5.54 Å². The minimum atomic E-state index is -1.12. The standard InChI is InChI=1S/C21H24BrClN4O3S/c1-26-9-2-3-10-27(26)16-5-4-14(12-15(16)22)24-20(29)21(8-11-30-13-21)25-19(28)17-6-7-18(23)31-17/h4-7,12H,2-3,8-11,13H2,1H3,(H,24,29)(H,25,28). The van der Waals surface area contributed by atoms with Gasteiger partial charge in [0, 0.05) is 43.3 Å². The molecule has 0 saturated carbocycles. The summed E-state index contributed by atoms with van der Waals surface area (Å²) in [5.41, 5.74) is 0.591. The number of halogens is 2. The SMILES string of the molecule is CN1CCCCN1c1ccc(NC(=O)C2(NC(=O)c3ccc(Cl)s3)CCOC2)cc1Br. The van der Waals surface area contributed by atoms with Crippen molar-refractivity contribution in [2.24, 2.45) is 0 Å². The lowest BCUT2D eigenvalue weighted by atomic mass is 9.97. The van der Waals surface area contributed by atoms with Gasteiger partial charge in [-0.15, -0.1) is 11.3 Å². The molecule has 0 aliphatic carbocycles. The van der Waals surface area contributed by atoms with Gasteiger partial charge in [-0.1, -0.05) is 11.6 Å². The van der Waals surface area contributed by atoms with Crippen LogP contribution in [0, 0.1) is 0 Å². The van der Waals surface area contributed by atoms with Crippen LogP contribution < -0.4 is 15.6 Å². The minimum absolute atomic E-state index is 0.126. The summed E-state index contributed by atoms with van der Waals surface area (Å²) in [6, 6.07) is 9.07. The molecule has 10 heteroatoms. The molecule has 1 unspecified atom stereocenters. The van der Waals surface area contributed by atoms with Crippen LogP contribution >= 0.6 is 38.9 Å². The fourth-order valence-corrected chi connectivity index (χ4v) is 5.38. The Morgan fingerprint density at radius 2 is 2.03 bits per heavy atom. The summed E-state index contributed by atoms with van der Waals surface area (Å²) in [4.78, 5) is 26.3. The maximum absolute atomic E-state index is 13.2. The van der Waals surface area contributed by atoms with Crippen LogP contribution in [0.5, 0.6) is 0 Å². The molecule has 2 N–H and O–H groups in total. The van der Waals surface area contributed by atoms with Crippen molar-refractivity contribution in [2.75, 3.05) is 43.7 Å². The second-order valence-electron chi connectivity index (χ2n) is 7.77. The Bertz CT molecular complexity index is 979. The van der Waals surface area contributed by atoms with Gasteiger partial charge in [0.05, 0.1) is 21.5 Å². The van der Waals surface area contributed by atoms with Crippen LogP contribution in [0.25, 0.3) is 0 Å². The highest BCUT2D eigenvalue weighted by Crippen LogP contribution is 2.32. The van der Waals surface area contributed by atoms with E-state index in [1.165, 1.54) is 17.8 Å². The largest absolute Gasteiger partial charge is 0.378 e. The Balaban J connectivity index is 1.49. The summed E-state index contributed by atoms with van der Waals surface area (Å²) < 4.78 is 6.90. The number of amides is 2. The molecule has 166 valence electrons. The highest BCUT2D eigenvalue weighted by atomic mass is 79.9. The number of carbonyl (C=O) groups excluding carboxylic acids is 2. The van der Waals surface area contributed by atoms with E-state index in [1.807, 2.05) is 18.2 Å². The number of thiophene rings is 1. The molecule has 2 aromatic rings. The molecule has 1 atom stereocenters. The Hall–Kier alpha value is -1.65. The fourth-order valence-electron chi connectivity index (χ4n) is 3.86. The van der Waals surface area contributed by atoms with Crippen molar-refractivity contribution >= 4 is 62.1 Å². The predicted molar refractivity (Wildman–Crippen MR) is 127 cm³/mol. The van der Waals surface area contributed by atoms with Crippen molar-refractivity contribution in [3.8, 4) is 0 Å². The van der Waals surface area contributed by atoms with Gasteiger partial charge in [0.2, 0.25) is 0 Å². The van der Waals surface area contributed by atoms with Crippen molar-refractivity contribution in [3.05, 3.63) is 44.0 Å². The van der Waals surface area contributed by atoms with E-state index in [1.54, 1.807) is 12.1 Å². The van der Waals surface area contributed by atoms with E-state index in [-0.39, 0.29) is 18.4 Å². The Labute approximate surface area is 198 Å². The molecule has 0 spiro atoms. The molecule has 2 amide bonds. The average molecular weight is 528 g/mol. The highest BCUT2D eigenvalue weighted by molar-refractivity contribution is 9.10. The van der Waals surface area contributed by atoms with E-state index in [0.717, 1.165) is 29.7 Å². The molecule has 1 aromatic heterocycles. The number of carbonyl (C=O) groups is 2. The van der Waals surface area contributed by atoms with Crippen LogP contribution in [0.4, 0.5) is 11.4 Å². The van der Waals surface area contributed by atoms with Gasteiger partial charge < -0.3 is 20.4 Å². The monoisotopic (exact) mass is 526 g/mol. The topological polar surface area (TPSA) is 73.9 Å². The highest BCUT2D eigenvalue weighted by Gasteiger charge is 2.44. The zero-order valence-corrected chi connectivity index (χ0v) is 20.3.